The number of ether oxygens (including phenoxy) is 1. The number of carbonyl (C=O) groups is 2. The van der Waals surface area contributed by atoms with E-state index < -0.39 is 11.5 Å². The van der Waals surface area contributed by atoms with Gasteiger partial charge in [0.05, 0.1) is 0 Å². The number of rotatable bonds is 16. The minimum absolute atomic E-state index is 0.0558. The van der Waals surface area contributed by atoms with Crippen molar-refractivity contribution >= 4 is 11.8 Å². The Bertz CT molecular complexity index is 682. The van der Waals surface area contributed by atoms with E-state index in [2.05, 4.69) is 67.7 Å². The van der Waals surface area contributed by atoms with Gasteiger partial charge in [0.25, 0.3) is 0 Å². The van der Waals surface area contributed by atoms with Crippen molar-refractivity contribution in [3.63, 3.8) is 0 Å². The topological polar surface area (TPSA) is 43.4 Å². The fourth-order valence-electron chi connectivity index (χ4n) is 2.76. The molecule has 0 saturated carbocycles. The Morgan fingerprint density at radius 3 is 1.44 bits per heavy atom. The van der Waals surface area contributed by atoms with E-state index in [4.69, 9.17) is 4.74 Å². The molecule has 0 aromatic heterocycles. The normalized spacial score (nSPS) is 14.2. The third-order valence-electron chi connectivity index (χ3n) is 4.53. The van der Waals surface area contributed by atoms with E-state index in [1.165, 1.54) is 0 Å². The Morgan fingerprint density at radius 2 is 1.06 bits per heavy atom. The zero-order valence-electron chi connectivity index (χ0n) is 20.9. The van der Waals surface area contributed by atoms with Crippen LogP contribution in [0.25, 0.3) is 0 Å². The average Bonchev–Trinajstić information content (AvgIpc) is 2.74. The van der Waals surface area contributed by atoms with Crippen LogP contribution in [-0.4, -0.2) is 17.9 Å². The molecule has 0 heterocycles. The molecule has 0 amide bonds. The van der Waals surface area contributed by atoms with Gasteiger partial charge in [-0.25, -0.2) is 0 Å². The van der Waals surface area contributed by atoms with Gasteiger partial charge in [0.2, 0.25) is 0 Å². The monoisotopic (exact) mass is 440 g/mol. The van der Waals surface area contributed by atoms with Crippen LogP contribution in [0.2, 0.25) is 0 Å². The lowest BCUT2D eigenvalue weighted by Crippen LogP contribution is -2.33. The predicted octanol–water partition coefficient (Wildman–Crippen LogP) is 8.01. The Balaban J connectivity index is 3.78. The fourth-order valence-corrected chi connectivity index (χ4v) is 2.76. The molecule has 1 unspecified atom stereocenters. The standard InChI is InChI=1S/C29H44O3/c1-6-7-8-9-10-11-12-13-14-15-16-17-18-19-20-21-22-23-24-25-27(30)32-26(2)28(31)29(3,4)5/h7-8,10-11,13-14,16-17,19-20,22-23,26H,6,9,12,15,18,21,24-25H2,1-5H3/b8-7-,11-10-,14-13-,17-16-,20-19-,23-22-. The zero-order chi connectivity index (χ0) is 24.1. The molecule has 0 bridgehead atoms. The number of hydrogen-bond donors (Lipinski definition) is 0. The second-order valence-corrected chi connectivity index (χ2v) is 8.70. The van der Waals surface area contributed by atoms with E-state index >= 15 is 0 Å². The van der Waals surface area contributed by atoms with Crippen molar-refractivity contribution in [2.45, 2.75) is 92.1 Å². The quantitative estimate of drug-likeness (QED) is 0.180. The molecule has 1 atom stereocenters. The number of Topliss-reactive ketones (excluding diaryl/α,β-unsaturated/α-hetero) is 1. The highest BCUT2D eigenvalue weighted by molar-refractivity contribution is 5.89. The van der Waals surface area contributed by atoms with Crippen molar-refractivity contribution in [3.8, 4) is 0 Å². The lowest BCUT2D eigenvalue weighted by atomic mass is 9.88. The summed E-state index contributed by atoms with van der Waals surface area (Å²) in [5.74, 6) is -0.380. The van der Waals surface area contributed by atoms with Gasteiger partial charge in [0.15, 0.2) is 11.9 Å². The predicted molar refractivity (Wildman–Crippen MR) is 137 cm³/mol. The second-order valence-electron chi connectivity index (χ2n) is 8.70. The van der Waals surface area contributed by atoms with Gasteiger partial charge < -0.3 is 4.74 Å². The van der Waals surface area contributed by atoms with Crippen LogP contribution >= 0.6 is 0 Å². The van der Waals surface area contributed by atoms with Gasteiger partial charge in [-0.05, 0) is 51.9 Å². The molecule has 0 aliphatic rings. The van der Waals surface area contributed by atoms with Crippen LogP contribution in [0.15, 0.2) is 72.9 Å². The van der Waals surface area contributed by atoms with Crippen LogP contribution in [-0.2, 0) is 14.3 Å². The largest absolute Gasteiger partial charge is 0.455 e. The van der Waals surface area contributed by atoms with Crippen LogP contribution in [0.1, 0.15) is 86.0 Å². The van der Waals surface area contributed by atoms with Gasteiger partial charge in [-0.3, -0.25) is 9.59 Å². The lowest BCUT2D eigenvalue weighted by Gasteiger charge is -2.21. The maximum absolute atomic E-state index is 12.0. The van der Waals surface area contributed by atoms with Crippen molar-refractivity contribution in [1.29, 1.82) is 0 Å². The van der Waals surface area contributed by atoms with E-state index in [0.717, 1.165) is 38.5 Å². The summed E-state index contributed by atoms with van der Waals surface area (Å²) in [6.45, 7) is 9.28. The molecule has 3 heteroatoms. The van der Waals surface area contributed by atoms with Gasteiger partial charge in [0, 0.05) is 11.8 Å². The van der Waals surface area contributed by atoms with Gasteiger partial charge in [-0.2, -0.15) is 0 Å². The first kappa shape index (κ1) is 29.6. The van der Waals surface area contributed by atoms with Crippen molar-refractivity contribution < 1.29 is 14.3 Å². The first-order valence-electron chi connectivity index (χ1n) is 11.9. The number of hydrogen-bond acceptors (Lipinski definition) is 3. The highest BCUT2D eigenvalue weighted by Crippen LogP contribution is 2.18. The molecule has 0 aromatic rings. The molecular formula is C29H44O3. The molecule has 0 aromatic carbocycles. The van der Waals surface area contributed by atoms with E-state index in [1.807, 2.05) is 32.9 Å². The van der Waals surface area contributed by atoms with Crippen LogP contribution in [0.4, 0.5) is 0 Å². The lowest BCUT2D eigenvalue weighted by molar-refractivity contribution is -0.156. The highest BCUT2D eigenvalue weighted by atomic mass is 16.5. The number of allylic oxidation sites excluding steroid dienone is 12. The Hall–Kier alpha value is -2.42. The van der Waals surface area contributed by atoms with E-state index in [9.17, 15) is 9.59 Å². The number of ketones is 1. The molecule has 0 spiro atoms. The van der Waals surface area contributed by atoms with Crippen molar-refractivity contribution in [2.24, 2.45) is 5.41 Å². The third kappa shape index (κ3) is 18.4. The van der Waals surface area contributed by atoms with E-state index in [1.54, 1.807) is 6.92 Å². The van der Waals surface area contributed by atoms with Crippen molar-refractivity contribution in [3.05, 3.63) is 72.9 Å². The molecule has 3 nitrogen and oxygen atoms in total. The van der Waals surface area contributed by atoms with E-state index in [0.29, 0.717) is 12.8 Å². The maximum Gasteiger partial charge on any atom is 0.306 e. The second kappa shape index (κ2) is 19.3. The maximum atomic E-state index is 12.0. The van der Waals surface area contributed by atoms with Gasteiger partial charge in [-0.1, -0.05) is 101 Å². The summed E-state index contributed by atoms with van der Waals surface area (Å²) in [4.78, 5) is 23.9. The van der Waals surface area contributed by atoms with Crippen molar-refractivity contribution in [2.75, 3.05) is 0 Å². The van der Waals surface area contributed by atoms with Gasteiger partial charge >= 0.3 is 5.97 Å². The summed E-state index contributed by atoms with van der Waals surface area (Å²) in [6.07, 6.45) is 31.9. The van der Waals surface area contributed by atoms with Crippen LogP contribution in [0, 0.1) is 5.41 Å². The molecule has 0 radical (unpaired) electrons. The summed E-state index contributed by atoms with van der Waals surface area (Å²) in [6, 6.07) is 0. The van der Waals surface area contributed by atoms with Crippen molar-refractivity contribution in [1.82, 2.24) is 0 Å². The third-order valence-corrected chi connectivity index (χ3v) is 4.53. The summed E-state index contributed by atoms with van der Waals surface area (Å²) in [5.41, 5.74) is -0.499. The summed E-state index contributed by atoms with van der Waals surface area (Å²) < 4.78 is 5.22. The summed E-state index contributed by atoms with van der Waals surface area (Å²) in [5, 5.41) is 0. The minimum Gasteiger partial charge on any atom is -0.455 e. The first-order valence-corrected chi connectivity index (χ1v) is 11.9. The molecule has 0 aliphatic carbocycles. The molecule has 0 N–H and O–H groups in total. The van der Waals surface area contributed by atoms with Crippen LogP contribution in [0.3, 0.4) is 0 Å². The minimum atomic E-state index is -0.687. The summed E-state index contributed by atoms with van der Waals surface area (Å²) in [7, 11) is 0. The first-order chi connectivity index (χ1) is 15.3. The van der Waals surface area contributed by atoms with Crippen LogP contribution < -0.4 is 0 Å². The molecule has 0 saturated heterocycles. The number of esters is 1. The average molecular weight is 441 g/mol. The van der Waals surface area contributed by atoms with Gasteiger partial charge in [-0.15, -0.1) is 0 Å². The molecular weight excluding hydrogens is 396 g/mol. The Kier molecular flexibility index (Phi) is 17.8. The molecule has 178 valence electrons. The SMILES string of the molecule is CC/C=C\C/C=C\C/C=C\C/C=C\C/C=C\C/C=C\CCC(=O)OC(C)C(=O)C(C)(C)C. The molecule has 0 fully saturated rings. The number of carbonyl (C=O) groups excluding carboxylic acids is 2. The molecule has 32 heavy (non-hydrogen) atoms. The smallest absolute Gasteiger partial charge is 0.306 e. The van der Waals surface area contributed by atoms with E-state index in [-0.39, 0.29) is 11.8 Å². The van der Waals surface area contributed by atoms with Gasteiger partial charge in [0.1, 0.15) is 0 Å². The molecule has 0 aliphatic heterocycles. The fraction of sp³-hybridized carbons (Fsp3) is 0.517. The zero-order valence-corrected chi connectivity index (χ0v) is 20.9. The van der Waals surface area contributed by atoms with Crippen LogP contribution in [0.5, 0.6) is 0 Å². The Labute approximate surface area is 196 Å². The summed E-state index contributed by atoms with van der Waals surface area (Å²) >= 11 is 0. The highest BCUT2D eigenvalue weighted by Gasteiger charge is 2.28. The Morgan fingerprint density at radius 1 is 0.688 bits per heavy atom. The molecule has 0 rings (SSSR count).